The van der Waals surface area contributed by atoms with Crippen LogP contribution in [0.4, 0.5) is 0 Å². The van der Waals surface area contributed by atoms with Crippen molar-refractivity contribution in [3.8, 4) is 0 Å². The van der Waals surface area contributed by atoms with Gasteiger partial charge >= 0.3 is 5.97 Å². The van der Waals surface area contributed by atoms with Crippen molar-refractivity contribution in [3.63, 3.8) is 0 Å². The van der Waals surface area contributed by atoms with Gasteiger partial charge in [0, 0.05) is 13.6 Å². The van der Waals surface area contributed by atoms with Crippen LogP contribution in [0.1, 0.15) is 54.1 Å². The average molecular weight is 391 g/mol. The first kappa shape index (κ1) is 19.6. The Hall–Kier alpha value is -2.19. The maximum absolute atomic E-state index is 12.6. The molecule has 1 aromatic heterocycles. The molecule has 0 saturated heterocycles. The Morgan fingerprint density at radius 3 is 2.67 bits per heavy atom. The quantitative estimate of drug-likeness (QED) is 0.738. The SMILES string of the molecule is Cn1ncc(S(=O)(=O)NCC2CCCC(c3ccccc3)CC2)c1C(=O)O. The van der Waals surface area contributed by atoms with Gasteiger partial charge in [-0.2, -0.15) is 5.10 Å². The third-order valence-electron chi connectivity index (χ3n) is 5.32. The van der Waals surface area contributed by atoms with Gasteiger partial charge in [0.15, 0.2) is 5.69 Å². The highest BCUT2D eigenvalue weighted by Gasteiger charge is 2.28. The molecule has 1 fully saturated rings. The van der Waals surface area contributed by atoms with Crippen molar-refractivity contribution in [2.24, 2.45) is 13.0 Å². The minimum Gasteiger partial charge on any atom is -0.476 e. The minimum absolute atomic E-state index is 0.249. The van der Waals surface area contributed by atoms with Crippen LogP contribution in [0.25, 0.3) is 0 Å². The first-order chi connectivity index (χ1) is 12.9. The summed E-state index contributed by atoms with van der Waals surface area (Å²) >= 11 is 0. The largest absolute Gasteiger partial charge is 0.476 e. The lowest BCUT2D eigenvalue weighted by Gasteiger charge is -2.16. The lowest BCUT2D eigenvalue weighted by Crippen LogP contribution is -2.30. The van der Waals surface area contributed by atoms with Crippen LogP contribution in [-0.2, 0) is 17.1 Å². The third kappa shape index (κ3) is 4.56. The van der Waals surface area contributed by atoms with Gasteiger partial charge in [0.1, 0.15) is 4.90 Å². The van der Waals surface area contributed by atoms with Crippen molar-refractivity contribution in [3.05, 3.63) is 47.8 Å². The molecule has 146 valence electrons. The smallest absolute Gasteiger partial charge is 0.355 e. The van der Waals surface area contributed by atoms with Crippen molar-refractivity contribution in [1.29, 1.82) is 0 Å². The van der Waals surface area contributed by atoms with Gasteiger partial charge in [0.05, 0.1) is 6.20 Å². The van der Waals surface area contributed by atoms with E-state index in [0.29, 0.717) is 12.5 Å². The zero-order valence-electron chi connectivity index (χ0n) is 15.3. The summed E-state index contributed by atoms with van der Waals surface area (Å²) in [6.07, 6.45) is 6.19. The predicted octanol–water partition coefficient (Wildman–Crippen LogP) is 2.76. The van der Waals surface area contributed by atoms with Gasteiger partial charge in [-0.1, -0.05) is 36.8 Å². The summed E-state index contributed by atoms with van der Waals surface area (Å²) in [4.78, 5) is 11.0. The molecule has 1 aliphatic carbocycles. The van der Waals surface area contributed by atoms with Crippen LogP contribution in [0.3, 0.4) is 0 Å². The van der Waals surface area contributed by atoms with Crippen molar-refractivity contribution < 1.29 is 18.3 Å². The number of rotatable bonds is 6. The number of hydrogen-bond acceptors (Lipinski definition) is 4. The van der Waals surface area contributed by atoms with Gasteiger partial charge in [0.25, 0.3) is 0 Å². The highest BCUT2D eigenvalue weighted by molar-refractivity contribution is 7.89. The Morgan fingerprint density at radius 1 is 1.22 bits per heavy atom. The van der Waals surface area contributed by atoms with E-state index in [0.717, 1.165) is 43.0 Å². The highest BCUT2D eigenvalue weighted by Crippen LogP contribution is 2.34. The number of aromatic nitrogens is 2. The maximum Gasteiger partial charge on any atom is 0.355 e. The standard InChI is InChI=1S/C19H25N3O4S/c1-22-18(19(23)24)17(13-20-22)27(25,26)21-12-14-6-5-9-16(11-10-14)15-7-3-2-4-8-15/h2-4,7-8,13-14,16,21H,5-6,9-12H2,1H3,(H,23,24). The molecule has 27 heavy (non-hydrogen) atoms. The summed E-state index contributed by atoms with van der Waals surface area (Å²) in [5, 5.41) is 13.0. The van der Waals surface area contributed by atoms with Gasteiger partial charge in [-0.15, -0.1) is 0 Å². The molecule has 0 aliphatic heterocycles. The summed E-state index contributed by atoms with van der Waals surface area (Å²) in [5.41, 5.74) is 1.02. The second kappa shape index (κ2) is 8.22. The Balaban J connectivity index is 1.62. The van der Waals surface area contributed by atoms with Gasteiger partial charge < -0.3 is 5.11 Å². The lowest BCUT2D eigenvalue weighted by atomic mass is 9.91. The first-order valence-electron chi connectivity index (χ1n) is 9.18. The molecule has 2 aromatic rings. The van der Waals surface area contributed by atoms with Crippen molar-refractivity contribution in [2.45, 2.75) is 42.9 Å². The van der Waals surface area contributed by atoms with Crippen LogP contribution in [0.2, 0.25) is 0 Å². The number of carboxylic acid groups (broad SMARTS) is 1. The molecule has 3 rings (SSSR count). The van der Waals surface area contributed by atoms with E-state index in [9.17, 15) is 18.3 Å². The number of carbonyl (C=O) groups is 1. The van der Waals surface area contributed by atoms with Crippen molar-refractivity contribution in [1.82, 2.24) is 14.5 Å². The molecule has 2 N–H and O–H groups in total. The van der Waals surface area contributed by atoms with Crippen LogP contribution >= 0.6 is 0 Å². The molecular weight excluding hydrogens is 366 g/mol. The third-order valence-corrected chi connectivity index (χ3v) is 6.74. The lowest BCUT2D eigenvalue weighted by molar-refractivity contribution is 0.0680. The van der Waals surface area contributed by atoms with Crippen LogP contribution < -0.4 is 4.72 Å². The van der Waals surface area contributed by atoms with Gasteiger partial charge in [0.2, 0.25) is 10.0 Å². The molecule has 1 aromatic carbocycles. The highest BCUT2D eigenvalue weighted by atomic mass is 32.2. The fraction of sp³-hybridized carbons (Fsp3) is 0.474. The number of sulfonamides is 1. The number of benzene rings is 1. The molecule has 0 amide bonds. The van der Waals surface area contributed by atoms with E-state index in [1.807, 2.05) is 6.07 Å². The van der Waals surface area contributed by atoms with Crippen LogP contribution in [0.5, 0.6) is 0 Å². The maximum atomic E-state index is 12.6. The normalized spacial score (nSPS) is 20.9. The monoisotopic (exact) mass is 391 g/mol. The van der Waals surface area contributed by atoms with Crippen LogP contribution in [0.15, 0.2) is 41.4 Å². The number of nitrogens with one attached hydrogen (secondary N) is 1. The molecule has 1 aliphatic rings. The fourth-order valence-electron chi connectivity index (χ4n) is 3.80. The summed E-state index contributed by atoms with van der Waals surface area (Å²) in [7, 11) is -2.49. The minimum atomic E-state index is -3.91. The summed E-state index contributed by atoms with van der Waals surface area (Å²) < 4.78 is 28.8. The average Bonchev–Trinajstić information content (AvgIpc) is 2.90. The van der Waals surface area contributed by atoms with Gasteiger partial charge in [-0.25, -0.2) is 17.9 Å². The van der Waals surface area contributed by atoms with Crippen molar-refractivity contribution >= 4 is 16.0 Å². The Labute approximate surface area is 159 Å². The summed E-state index contributed by atoms with van der Waals surface area (Å²) in [5.74, 6) is -0.543. The molecule has 1 heterocycles. The van der Waals surface area contributed by atoms with Crippen molar-refractivity contribution in [2.75, 3.05) is 6.54 Å². The number of aryl methyl sites for hydroxylation is 1. The predicted molar refractivity (Wildman–Crippen MR) is 101 cm³/mol. The first-order valence-corrected chi connectivity index (χ1v) is 10.7. The summed E-state index contributed by atoms with van der Waals surface area (Å²) in [6, 6.07) is 10.4. The second-order valence-electron chi connectivity index (χ2n) is 7.12. The molecule has 2 atom stereocenters. The van der Waals surface area contributed by atoms with E-state index in [1.54, 1.807) is 0 Å². The molecular formula is C19H25N3O4S. The number of nitrogens with zero attached hydrogens (tertiary/aromatic N) is 2. The molecule has 2 unspecified atom stereocenters. The molecule has 7 nitrogen and oxygen atoms in total. The van der Waals surface area contributed by atoms with Crippen LogP contribution in [0, 0.1) is 5.92 Å². The zero-order chi connectivity index (χ0) is 19.4. The van der Waals surface area contributed by atoms with E-state index in [-0.39, 0.29) is 16.5 Å². The number of aromatic carboxylic acids is 1. The van der Waals surface area contributed by atoms with E-state index >= 15 is 0 Å². The molecule has 0 bridgehead atoms. The Bertz CT molecular complexity index is 893. The van der Waals surface area contributed by atoms with E-state index in [1.165, 1.54) is 12.6 Å². The van der Waals surface area contributed by atoms with E-state index in [2.05, 4.69) is 34.1 Å². The zero-order valence-corrected chi connectivity index (χ0v) is 16.2. The van der Waals surface area contributed by atoms with E-state index < -0.39 is 16.0 Å². The van der Waals surface area contributed by atoms with Gasteiger partial charge in [-0.3, -0.25) is 4.68 Å². The second-order valence-corrected chi connectivity index (χ2v) is 8.86. The van der Waals surface area contributed by atoms with Crippen LogP contribution in [-0.4, -0.2) is 35.8 Å². The summed E-state index contributed by atoms with van der Waals surface area (Å²) in [6.45, 7) is 0.317. The van der Waals surface area contributed by atoms with Gasteiger partial charge in [-0.05, 0) is 43.1 Å². The number of hydrogen-bond donors (Lipinski definition) is 2. The molecule has 1 saturated carbocycles. The molecule has 8 heteroatoms. The molecule has 0 spiro atoms. The topological polar surface area (TPSA) is 101 Å². The fourth-order valence-corrected chi connectivity index (χ4v) is 5.07. The van der Waals surface area contributed by atoms with E-state index in [4.69, 9.17) is 0 Å². The number of carboxylic acids is 1. The molecule has 0 radical (unpaired) electrons. The Kier molecular flexibility index (Phi) is 5.96. The Morgan fingerprint density at radius 2 is 1.96 bits per heavy atom.